The van der Waals surface area contributed by atoms with Gasteiger partial charge in [0.1, 0.15) is 55.0 Å². The van der Waals surface area contributed by atoms with Gasteiger partial charge in [-0.25, -0.2) is 19.2 Å². The van der Waals surface area contributed by atoms with E-state index < -0.39 is 43.7 Å². The van der Waals surface area contributed by atoms with Crippen LogP contribution < -0.4 is 20.4 Å². The number of nitrogens with two attached hydrogens (primary N) is 1. The van der Waals surface area contributed by atoms with Crippen molar-refractivity contribution in [2.75, 3.05) is 12.3 Å². The SMILES string of the molecule is C[C@H](NP(=O)(O)OOc1ccccc1OC[C@H]1O[C@@](C#N)(c2ccc3c(N)ncnn23)[C@H](O)[C@@H]1O)C(=O)OC1CCC1. The molecule has 0 radical (unpaired) electrons. The number of ether oxygens (including phenoxy) is 3. The highest BCUT2D eigenvalue weighted by Gasteiger charge is 2.57. The zero-order chi connectivity index (χ0) is 30.1. The topological polar surface area (TPSA) is 233 Å². The van der Waals surface area contributed by atoms with Gasteiger partial charge in [-0.1, -0.05) is 16.8 Å². The van der Waals surface area contributed by atoms with Gasteiger partial charge in [-0.3, -0.25) is 4.79 Å². The normalized spacial score (nSPS) is 26.1. The number of fused-ring (bicyclic) bond motifs is 1. The molecular formula is C25H29N6O10P. The molecule has 0 bridgehead atoms. The fourth-order valence-corrected chi connectivity index (χ4v) is 5.34. The van der Waals surface area contributed by atoms with Crippen LogP contribution in [0.2, 0.25) is 0 Å². The molecule has 3 aromatic rings. The van der Waals surface area contributed by atoms with Crippen molar-refractivity contribution >= 4 is 25.1 Å². The number of esters is 1. The van der Waals surface area contributed by atoms with Gasteiger partial charge < -0.3 is 39.9 Å². The molecule has 16 nitrogen and oxygen atoms in total. The lowest BCUT2D eigenvalue weighted by molar-refractivity contribution is -0.155. The summed E-state index contributed by atoms with van der Waals surface area (Å²) in [5.74, 6) is -0.663. The van der Waals surface area contributed by atoms with Crippen molar-refractivity contribution in [3.63, 3.8) is 0 Å². The first kappa shape index (κ1) is 29.7. The van der Waals surface area contributed by atoms with Gasteiger partial charge in [0, 0.05) is 0 Å². The van der Waals surface area contributed by atoms with Crippen LogP contribution in [0.5, 0.6) is 11.5 Å². The second kappa shape index (κ2) is 11.8. The van der Waals surface area contributed by atoms with Gasteiger partial charge in [-0.2, -0.15) is 10.4 Å². The Morgan fingerprint density at radius 2 is 2.05 bits per heavy atom. The fourth-order valence-electron chi connectivity index (χ4n) is 4.53. The lowest BCUT2D eigenvalue weighted by atomic mass is 9.92. The summed E-state index contributed by atoms with van der Waals surface area (Å²) in [4.78, 5) is 31.2. The molecule has 42 heavy (non-hydrogen) atoms. The van der Waals surface area contributed by atoms with Gasteiger partial charge in [0.25, 0.3) is 0 Å². The highest BCUT2D eigenvalue weighted by atomic mass is 31.2. The molecule has 1 aliphatic heterocycles. The number of nitrogen functional groups attached to an aromatic ring is 1. The van der Waals surface area contributed by atoms with Crippen LogP contribution in [0.4, 0.5) is 5.82 Å². The van der Waals surface area contributed by atoms with Crippen LogP contribution >= 0.6 is 7.75 Å². The quantitative estimate of drug-likeness (QED) is 0.0878. The second-order valence-corrected chi connectivity index (χ2v) is 11.3. The fraction of sp³-hybridized carbons (Fsp3) is 0.440. The molecule has 1 saturated carbocycles. The first-order valence-corrected chi connectivity index (χ1v) is 14.6. The molecule has 17 heteroatoms. The number of carbonyl (C=O) groups is 1. The summed E-state index contributed by atoms with van der Waals surface area (Å²) in [6.45, 7) is 0.979. The second-order valence-electron chi connectivity index (χ2n) is 9.88. The largest absolute Gasteiger partial charge is 0.487 e. The molecule has 0 amide bonds. The van der Waals surface area contributed by atoms with Gasteiger partial charge in [0.15, 0.2) is 11.6 Å². The van der Waals surface area contributed by atoms with E-state index in [9.17, 15) is 29.7 Å². The van der Waals surface area contributed by atoms with Crippen LogP contribution in [0, 0.1) is 11.3 Å². The van der Waals surface area contributed by atoms with Gasteiger partial charge in [-0.05, 0) is 50.5 Å². The lowest BCUT2D eigenvalue weighted by Crippen LogP contribution is -2.41. The number of aromatic nitrogens is 3. The Labute approximate surface area is 239 Å². The smallest absolute Gasteiger partial charge is 0.440 e. The summed E-state index contributed by atoms with van der Waals surface area (Å²) >= 11 is 0. The number of aliphatic hydroxyl groups excluding tert-OH is 2. The van der Waals surface area contributed by atoms with E-state index in [1.54, 1.807) is 12.1 Å². The first-order chi connectivity index (χ1) is 20.0. The van der Waals surface area contributed by atoms with Gasteiger partial charge >= 0.3 is 13.7 Å². The highest BCUT2D eigenvalue weighted by molar-refractivity contribution is 7.50. The third-order valence-electron chi connectivity index (χ3n) is 7.01. The molecule has 6 atom stereocenters. The van der Waals surface area contributed by atoms with Crippen molar-refractivity contribution in [3.05, 3.63) is 48.4 Å². The van der Waals surface area contributed by atoms with Crippen molar-refractivity contribution in [3.8, 4) is 17.6 Å². The minimum absolute atomic E-state index is 0.0170. The summed E-state index contributed by atoms with van der Waals surface area (Å²) in [5, 5.41) is 38.0. The average Bonchev–Trinajstić information content (AvgIpc) is 3.49. The number of nitrogens with zero attached hydrogens (tertiary/aromatic N) is 4. The van der Waals surface area contributed by atoms with Crippen LogP contribution in [-0.2, 0) is 29.1 Å². The maximum atomic E-state index is 12.5. The van der Waals surface area contributed by atoms with Crippen molar-refractivity contribution < 1.29 is 48.2 Å². The molecule has 2 aromatic heterocycles. The number of benzene rings is 1. The van der Waals surface area contributed by atoms with Gasteiger partial charge in [0.2, 0.25) is 11.4 Å². The predicted octanol–water partition coefficient (Wildman–Crippen LogP) is 0.715. The summed E-state index contributed by atoms with van der Waals surface area (Å²) in [5.41, 5.74) is 4.35. The number of para-hydroxylation sites is 2. The molecule has 1 aliphatic carbocycles. The summed E-state index contributed by atoms with van der Waals surface area (Å²) in [6.07, 6.45) is -1.01. The third kappa shape index (κ3) is 5.76. The number of nitrogens with one attached hydrogen (secondary N) is 1. The number of hydrogen-bond donors (Lipinski definition) is 5. The Morgan fingerprint density at radius 1 is 1.31 bits per heavy atom. The number of carbonyl (C=O) groups excluding carboxylic acids is 1. The van der Waals surface area contributed by atoms with Crippen molar-refractivity contribution in [1.29, 1.82) is 5.26 Å². The average molecular weight is 605 g/mol. The number of rotatable bonds is 11. The Hall–Kier alpha value is -3.81. The number of aliphatic hydroxyl groups is 2. The maximum Gasteiger partial charge on any atom is 0.440 e. The third-order valence-corrected chi connectivity index (χ3v) is 8.00. The summed E-state index contributed by atoms with van der Waals surface area (Å²) in [7, 11) is -4.64. The van der Waals surface area contributed by atoms with E-state index in [1.165, 1.54) is 42.0 Å². The summed E-state index contributed by atoms with van der Waals surface area (Å²) < 4.78 is 35.3. The van der Waals surface area contributed by atoms with E-state index in [2.05, 4.69) is 15.2 Å². The molecule has 6 N–H and O–H groups in total. The van der Waals surface area contributed by atoms with Crippen molar-refractivity contribution in [2.45, 2.75) is 62.2 Å². The van der Waals surface area contributed by atoms with Gasteiger partial charge in [-0.15, -0.1) is 0 Å². The molecule has 0 spiro atoms. The standard InChI is InChI=1S/C25H29N6O10P/c1-14(24(34)38-15-5-4-6-15)30-42(35,36)41-40-18-8-3-2-7-17(18)37-11-19-21(32)22(33)25(12-26,39-19)20-10-9-16-23(27)28-13-29-31(16)20/h2-3,7-10,13-15,19,21-22,32-33H,4-6,11H2,1H3,(H2,27,28,29)(H2,30,35,36)/t14-,19+,21+,22+,25-/m0/s1. The molecule has 5 rings (SSSR count). The van der Waals surface area contributed by atoms with Crippen LogP contribution in [0.1, 0.15) is 31.9 Å². The zero-order valence-electron chi connectivity index (χ0n) is 22.3. The molecule has 1 unspecified atom stereocenters. The number of anilines is 1. The number of hydrogen-bond acceptors (Lipinski definition) is 13. The molecule has 2 aliphatic rings. The predicted molar refractivity (Wildman–Crippen MR) is 141 cm³/mol. The Balaban J connectivity index is 1.23. The minimum Gasteiger partial charge on any atom is -0.487 e. The monoisotopic (exact) mass is 604 g/mol. The minimum atomic E-state index is -4.64. The molecule has 2 fully saturated rings. The molecular weight excluding hydrogens is 575 g/mol. The lowest BCUT2D eigenvalue weighted by Gasteiger charge is -2.27. The van der Waals surface area contributed by atoms with Crippen LogP contribution in [0.15, 0.2) is 42.7 Å². The molecule has 224 valence electrons. The van der Waals surface area contributed by atoms with Crippen LogP contribution in [-0.4, -0.2) is 72.7 Å². The van der Waals surface area contributed by atoms with E-state index in [4.69, 9.17) is 29.5 Å². The van der Waals surface area contributed by atoms with E-state index in [0.717, 1.165) is 19.3 Å². The van der Waals surface area contributed by atoms with Crippen molar-refractivity contribution in [1.82, 2.24) is 19.7 Å². The Kier molecular flexibility index (Phi) is 8.35. The van der Waals surface area contributed by atoms with E-state index in [-0.39, 0.29) is 35.7 Å². The maximum absolute atomic E-state index is 12.5. The molecule has 1 saturated heterocycles. The van der Waals surface area contributed by atoms with Crippen molar-refractivity contribution in [2.24, 2.45) is 0 Å². The Bertz CT molecular complexity index is 1540. The van der Waals surface area contributed by atoms with Gasteiger partial charge in [0.05, 0.1) is 5.69 Å². The molecule has 3 heterocycles. The Morgan fingerprint density at radius 3 is 2.74 bits per heavy atom. The highest BCUT2D eigenvalue weighted by Crippen LogP contribution is 2.42. The van der Waals surface area contributed by atoms with Crippen LogP contribution in [0.25, 0.3) is 5.52 Å². The number of nitriles is 1. The summed E-state index contributed by atoms with van der Waals surface area (Å²) in [6, 6.07) is 9.76. The molecule has 1 aromatic carbocycles. The van der Waals surface area contributed by atoms with E-state index in [0.29, 0.717) is 5.52 Å². The zero-order valence-corrected chi connectivity index (χ0v) is 23.2. The van der Waals surface area contributed by atoms with E-state index in [1.807, 2.05) is 6.07 Å². The van der Waals surface area contributed by atoms with Crippen LogP contribution in [0.3, 0.4) is 0 Å². The first-order valence-electron chi connectivity index (χ1n) is 13.0. The van der Waals surface area contributed by atoms with E-state index >= 15 is 0 Å².